The van der Waals surface area contributed by atoms with Gasteiger partial charge in [0.25, 0.3) is 0 Å². The van der Waals surface area contributed by atoms with Gasteiger partial charge in [0.15, 0.2) is 11.0 Å². The molecule has 0 aliphatic carbocycles. The van der Waals surface area contributed by atoms with Crippen LogP contribution in [0.5, 0.6) is 0 Å². The molecule has 90 valence electrons. The summed E-state index contributed by atoms with van der Waals surface area (Å²) < 4.78 is 5.41. The lowest BCUT2D eigenvalue weighted by atomic mass is 10.2. The van der Waals surface area contributed by atoms with E-state index in [2.05, 4.69) is 29.1 Å². The quantitative estimate of drug-likeness (QED) is 0.590. The molecule has 0 aliphatic heterocycles. The molecule has 0 saturated heterocycles. The Bertz CT molecular complexity index is 333. The Balaban J connectivity index is 2.29. The molecular weight excluding hydrogens is 228 g/mol. The topological polar surface area (TPSA) is 73.1 Å². The van der Waals surface area contributed by atoms with Crippen molar-refractivity contribution in [2.45, 2.75) is 13.8 Å². The van der Waals surface area contributed by atoms with Gasteiger partial charge in [0, 0.05) is 13.2 Å². The Labute approximate surface area is 100 Å². The number of nitrogen functional groups attached to an aromatic ring is 1. The molecule has 0 bridgehead atoms. The molecule has 0 atom stereocenters. The Morgan fingerprint density at radius 3 is 2.94 bits per heavy atom. The highest BCUT2D eigenvalue weighted by Gasteiger charge is 2.04. The van der Waals surface area contributed by atoms with Crippen molar-refractivity contribution < 1.29 is 4.74 Å². The standard InChI is InChI=1S/C10H17ClN4O/c1-7(2)5-16-4-3-13-10-8(12)9(11)14-6-15-10/h6-7H,3-5,12H2,1-2H3,(H,13,14,15). The lowest BCUT2D eigenvalue weighted by Gasteiger charge is -2.09. The third-order valence-electron chi connectivity index (χ3n) is 1.83. The first kappa shape index (κ1) is 13.0. The van der Waals surface area contributed by atoms with Crippen molar-refractivity contribution in [1.29, 1.82) is 0 Å². The first-order valence-corrected chi connectivity index (χ1v) is 5.56. The van der Waals surface area contributed by atoms with Gasteiger partial charge in [-0.15, -0.1) is 0 Å². The van der Waals surface area contributed by atoms with Crippen LogP contribution in [0.2, 0.25) is 5.15 Å². The normalized spacial score (nSPS) is 10.8. The van der Waals surface area contributed by atoms with E-state index in [9.17, 15) is 0 Å². The molecule has 3 N–H and O–H groups in total. The van der Waals surface area contributed by atoms with Crippen molar-refractivity contribution in [3.63, 3.8) is 0 Å². The highest BCUT2D eigenvalue weighted by atomic mass is 35.5. The number of hydrogen-bond donors (Lipinski definition) is 2. The Hall–Kier alpha value is -1.07. The summed E-state index contributed by atoms with van der Waals surface area (Å²) in [6.45, 7) is 6.22. The summed E-state index contributed by atoms with van der Waals surface area (Å²) in [5.41, 5.74) is 6.05. The predicted octanol–water partition coefficient (Wildman–Crippen LogP) is 1.80. The van der Waals surface area contributed by atoms with Crippen LogP contribution in [0.25, 0.3) is 0 Å². The predicted molar refractivity (Wildman–Crippen MR) is 65.6 cm³/mol. The zero-order valence-electron chi connectivity index (χ0n) is 9.53. The van der Waals surface area contributed by atoms with Gasteiger partial charge in [-0.2, -0.15) is 0 Å². The number of ether oxygens (including phenoxy) is 1. The van der Waals surface area contributed by atoms with Crippen LogP contribution < -0.4 is 11.1 Å². The van der Waals surface area contributed by atoms with Crippen LogP contribution in [-0.4, -0.2) is 29.7 Å². The van der Waals surface area contributed by atoms with E-state index in [1.807, 2.05) is 0 Å². The first-order valence-electron chi connectivity index (χ1n) is 5.19. The lowest BCUT2D eigenvalue weighted by Crippen LogP contribution is -2.14. The molecule has 5 nitrogen and oxygen atoms in total. The highest BCUT2D eigenvalue weighted by molar-refractivity contribution is 6.32. The fraction of sp³-hybridized carbons (Fsp3) is 0.600. The summed E-state index contributed by atoms with van der Waals surface area (Å²) in [4.78, 5) is 7.75. The van der Waals surface area contributed by atoms with Crippen molar-refractivity contribution >= 4 is 23.1 Å². The van der Waals surface area contributed by atoms with Gasteiger partial charge in [0.1, 0.15) is 12.0 Å². The highest BCUT2D eigenvalue weighted by Crippen LogP contribution is 2.21. The molecule has 0 unspecified atom stereocenters. The number of anilines is 2. The van der Waals surface area contributed by atoms with Gasteiger partial charge in [-0.05, 0) is 5.92 Å². The van der Waals surface area contributed by atoms with E-state index in [1.165, 1.54) is 6.33 Å². The molecule has 1 aromatic rings. The molecule has 1 aromatic heterocycles. The SMILES string of the molecule is CC(C)COCCNc1ncnc(Cl)c1N. The molecule has 0 aliphatic rings. The van der Waals surface area contributed by atoms with Gasteiger partial charge < -0.3 is 15.8 Å². The van der Waals surface area contributed by atoms with E-state index < -0.39 is 0 Å². The maximum Gasteiger partial charge on any atom is 0.157 e. The summed E-state index contributed by atoms with van der Waals surface area (Å²) in [6.07, 6.45) is 1.37. The van der Waals surface area contributed by atoms with E-state index in [1.54, 1.807) is 0 Å². The van der Waals surface area contributed by atoms with E-state index in [4.69, 9.17) is 22.1 Å². The van der Waals surface area contributed by atoms with Crippen LogP contribution >= 0.6 is 11.6 Å². The third kappa shape index (κ3) is 4.20. The number of hydrogen-bond acceptors (Lipinski definition) is 5. The van der Waals surface area contributed by atoms with Crippen LogP contribution in [0.1, 0.15) is 13.8 Å². The molecule has 0 amide bonds. The second-order valence-electron chi connectivity index (χ2n) is 3.82. The van der Waals surface area contributed by atoms with Gasteiger partial charge in [-0.3, -0.25) is 0 Å². The minimum absolute atomic E-state index is 0.264. The number of halogens is 1. The Kier molecular flexibility index (Phi) is 5.28. The smallest absolute Gasteiger partial charge is 0.157 e. The molecule has 1 rings (SSSR count). The summed E-state index contributed by atoms with van der Waals surface area (Å²) in [7, 11) is 0. The van der Waals surface area contributed by atoms with Crippen molar-refractivity contribution in [1.82, 2.24) is 9.97 Å². The summed E-state index contributed by atoms with van der Waals surface area (Å²) in [6, 6.07) is 0. The van der Waals surface area contributed by atoms with E-state index in [-0.39, 0.29) is 5.15 Å². The zero-order chi connectivity index (χ0) is 12.0. The molecule has 1 heterocycles. The minimum atomic E-state index is 0.264. The van der Waals surface area contributed by atoms with Crippen LogP contribution in [0.4, 0.5) is 11.5 Å². The Morgan fingerprint density at radius 2 is 2.25 bits per heavy atom. The van der Waals surface area contributed by atoms with Crippen molar-refractivity contribution in [3.05, 3.63) is 11.5 Å². The number of nitrogens with one attached hydrogen (secondary N) is 1. The van der Waals surface area contributed by atoms with Crippen LogP contribution in [0.15, 0.2) is 6.33 Å². The second kappa shape index (κ2) is 6.50. The number of nitrogens with zero attached hydrogens (tertiary/aromatic N) is 2. The molecule has 0 fully saturated rings. The maximum atomic E-state index is 5.75. The number of aromatic nitrogens is 2. The number of rotatable bonds is 6. The fourth-order valence-electron chi connectivity index (χ4n) is 1.08. The van der Waals surface area contributed by atoms with E-state index in [0.717, 1.165) is 6.61 Å². The largest absolute Gasteiger partial charge is 0.393 e. The van der Waals surface area contributed by atoms with Gasteiger partial charge in [0.05, 0.1) is 6.61 Å². The van der Waals surface area contributed by atoms with Gasteiger partial charge >= 0.3 is 0 Å². The van der Waals surface area contributed by atoms with Gasteiger partial charge in [-0.25, -0.2) is 9.97 Å². The average molecular weight is 245 g/mol. The Morgan fingerprint density at radius 1 is 1.50 bits per heavy atom. The lowest BCUT2D eigenvalue weighted by molar-refractivity contribution is 0.118. The average Bonchev–Trinajstić information content (AvgIpc) is 2.23. The van der Waals surface area contributed by atoms with Gasteiger partial charge in [0.2, 0.25) is 0 Å². The van der Waals surface area contributed by atoms with Crippen LogP contribution in [0, 0.1) is 5.92 Å². The van der Waals surface area contributed by atoms with Crippen LogP contribution in [-0.2, 0) is 4.74 Å². The molecule has 0 aromatic carbocycles. The summed E-state index contributed by atoms with van der Waals surface area (Å²) in [5.74, 6) is 1.09. The number of nitrogens with two attached hydrogens (primary N) is 1. The molecule has 0 spiro atoms. The third-order valence-corrected chi connectivity index (χ3v) is 2.13. The van der Waals surface area contributed by atoms with E-state index >= 15 is 0 Å². The summed E-state index contributed by atoms with van der Waals surface area (Å²) >= 11 is 5.75. The molecule has 0 radical (unpaired) electrons. The summed E-state index contributed by atoms with van der Waals surface area (Å²) in [5, 5.41) is 3.31. The molecule has 0 saturated carbocycles. The minimum Gasteiger partial charge on any atom is -0.393 e. The second-order valence-corrected chi connectivity index (χ2v) is 4.18. The maximum absolute atomic E-state index is 5.75. The van der Waals surface area contributed by atoms with Crippen LogP contribution in [0.3, 0.4) is 0 Å². The van der Waals surface area contributed by atoms with Gasteiger partial charge in [-0.1, -0.05) is 25.4 Å². The zero-order valence-corrected chi connectivity index (χ0v) is 10.3. The molecule has 16 heavy (non-hydrogen) atoms. The molecule has 6 heteroatoms. The van der Waals surface area contributed by atoms with Crippen molar-refractivity contribution in [3.8, 4) is 0 Å². The molecular formula is C10H17ClN4O. The fourth-order valence-corrected chi connectivity index (χ4v) is 1.21. The van der Waals surface area contributed by atoms with Crippen molar-refractivity contribution in [2.24, 2.45) is 5.92 Å². The van der Waals surface area contributed by atoms with Crippen molar-refractivity contribution in [2.75, 3.05) is 30.8 Å². The first-order chi connectivity index (χ1) is 7.61. The monoisotopic (exact) mass is 244 g/mol. The van der Waals surface area contributed by atoms with E-state index in [0.29, 0.717) is 30.6 Å².